The van der Waals surface area contributed by atoms with Crippen molar-refractivity contribution in [3.05, 3.63) is 35.9 Å². The first-order valence-electron chi connectivity index (χ1n) is 5.42. The predicted molar refractivity (Wildman–Crippen MR) is 62.4 cm³/mol. The highest BCUT2D eigenvalue weighted by Gasteiger charge is 2.07. The van der Waals surface area contributed by atoms with Gasteiger partial charge in [0.15, 0.2) is 0 Å². The van der Waals surface area contributed by atoms with Crippen LogP contribution in [0.25, 0.3) is 0 Å². The third-order valence-corrected chi connectivity index (χ3v) is 2.25. The molecule has 2 heteroatoms. The van der Waals surface area contributed by atoms with E-state index in [1.807, 2.05) is 18.2 Å². The van der Waals surface area contributed by atoms with Crippen molar-refractivity contribution in [2.45, 2.75) is 38.8 Å². The Morgan fingerprint density at radius 1 is 1.27 bits per heavy atom. The van der Waals surface area contributed by atoms with Crippen molar-refractivity contribution >= 4 is 0 Å². The first kappa shape index (κ1) is 11.7. The van der Waals surface area contributed by atoms with Gasteiger partial charge in [-0.1, -0.05) is 30.3 Å². The van der Waals surface area contributed by atoms with Crippen LogP contribution >= 0.6 is 0 Å². The molecule has 0 radical (unpaired) electrons. The molecule has 0 saturated carbocycles. The van der Waals surface area contributed by atoms with E-state index in [0.29, 0.717) is 6.04 Å². The SMILES string of the molecule is CC(C)NC(C#N)CCc1ccccc1. The van der Waals surface area contributed by atoms with Crippen LogP contribution in [-0.4, -0.2) is 12.1 Å². The van der Waals surface area contributed by atoms with Gasteiger partial charge in [0.1, 0.15) is 0 Å². The van der Waals surface area contributed by atoms with Crippen molar-refractivity contribution in [2.75, 3.05) is 0 Å². The van der Waals surface area contributed by atoms with E-state index in [1.54, 1.807) is 0 Å². The van der Waals surface area contributed by atoms with Gasteiger partial charge in [0.05, 0.1) is 12.1 Å². The topological polar surface area (TPSA) is 35.8 Å². The number of hydrogen-bond acceptors (Lipinski definition) is 2. The Bertz CT molecular complexity index is 311. The molecule has 0 saturated heterocycles. The zero-order valence-electron chi connectivity index (χ0n) is 9.40. The van der Waals surface area contributed by atoms with Gasteiger partial charge in [-0.2, -0.15) is 5.26 Å². The Morgan fingerprint density at radius 2 is 1.93 bits per heavy atom. The summed E-state index contributed by atoms with van der Waals surface area (Å²) in [6.45, 7) is 4.12. The minimum Gasteiger partial charge on any atom is -0.300 e. The van der Waals surface area contributed by atoms with E-state index in [-0.39, 0.29) is 6.04 Å². The van der Waals surface area contributed by atoms with Crippen LogP contribution < -0.4 is 5.32 Å². The molecule has 1 rings (SSSR count). The molecule has 0 aromatic heterocycles. The molecule has 1 aromatic rings. The average molecular weight is 202 g/mol. The number of nitriles is 1. The molecule has 0 amide bonds. The number of aryl methyl sites for hydroxylation is 1. The summed E-state index contributed by atoms with van der Waals surface area (Å²) in [6, 6.07) is 12.9. The lowest BCUT2D eigenvalue weighted by molar-refractivity contribution is 0.506. The molecule has 2 nitrogen and oxygen atoms in total. The molecule has 0 heterocycles. The summed E-state index contributed by atoms with van der Waals surface area (Å²) < 4.78 is 0. The van der Waals surface area contributed by atoms with Crippen LogP contribution in [0.3, 0.4) is 0 Å². The van der Waals surface area contributed by atoms with E-state index in [4.69, 9.17) is 5.26 Å². The summed E-state index contributed by atoms with van der Waals surface area (Å²) in [7, 11) is 0. The Morgan fingerprint density at radius 3 is 2.47 bits per heavy atom. The maximum atomic E-state index is 8.94. The summed E-state index contributed by atoms with van der Waals surface area (Å²) >= 11 is 0. The Kier molecular flexibility index (Phi) is 4.86. The monoisotopic (exact) mass is 202 g/mol. The van der Waals surface area contributed by atoms with E-state index in [0.717, 1.165) is 12.8 Å². The third kappa shape index (κ3) is 4.62. The van der Waals surface area contributed by atoms with Crippen LogP contribution in [-0.2, 0) is 6.42 Å². The molecule has 0 spiro atoms. The quantitative estimate of drug-likeness (QED) is 0.796. The number of nitrogens with one attached hydrogen (secondary N) is 1. The maximum absolute atomic E-state index is 8.94. The van der Waals surface area contributed by atoms with Crippen molar-refractivity contribution in [1.82, 2.24) is 5.32 Å². The van der Waals surface area contributed by atoms with Crippen molar-refractivity contribution in [3.8, 4) is 6.07 Å². The van der Waals surface area contributed by atoms with Gasteiger partial charge in [-0.3, -0.25) is 5.32 Å². The van der Waals surface area contributed by atoms with E-state index >= 15 is 0 Å². The van der Waals surface area contributed by atoms with Gasteiger partial charge in [0, 0.05) is 6.04 Å². The van der Waals surface area contributed by atoms with Crippen LogP contribution in [0, 0.1) is 11.3 Å². The fraction of sp³-hybridized carbons (Fsp3) is 0.462. The van der Waals surface area contributed by atoms with Crippen LogP contribution in [0.1, 0.15) is 25.8 Å². The van der Waals surface area contributed by atoms with E-state index in [1.165, 1.54) is 5.56 Å². The molecular weight excluding hydrogens is 184 g/mol. The summed E-state index contributed by atoms with van der Waals surface area (Å²) in [5.74, 6) is 0. The van der Waals surface area contributed by atoms with E-state index < -0.39 is 0 Å². The highest BCUT2D eigenvalue weighted by atomic mass is 14.9. The molecule has 0 aliphatic heterocycles. The zero-order valence-corrected chi connectivity index (χ0v) is 9.40. The lowest BCUT2D eigenvalue weighted by atomic mass is 10.1. The van der Waals surface area contributed by atoms with Gasteiger partial charge in [-0.15, -0.1) is 0 Å². The van der Waals surface area contributed by atoms with E-state index in [9.17, 15) is 0 Å². The van der Waals surface area contributed by atoms with Gasteiger partial charge in [-0.25, -0.2) is 0 Å². The molecule has 0 bridgehead atoms. The number of nitrogens with zero attached hydrogens (tertiary/aromatic N) is 1. The highest BCUT2D eigenvalue weighted by Crippen LogP contribution is 2.05. The normalized spacial score (nSPS) is 12.4. The molecular formula is C13H18N2. The summed E-state index contributed by atoms with van der Waals surface area (Å²) in [4.78, 5) is 0. The molecule has 1 unspecified atom stereocenters. The standard InChI is InChI=1S/C13H18N2/c1-11(2)15-13(10-14)9-8-12-6-4-3-5-7-12/h3-7,11,13,15H,8-9H2,1-2H3. The fourth-order valence-corrected chi connectivity index (χ4v) is 1.54. The van der Waals surface area contributed by atoms with Crippen LogP contribution in [0.4, 0.5) is 0 Å². The minimum atomic E-state index is -0.0368. The van der Waals surface area contributed by atoms with Gasteiger partial charge in [0.2, 0.25) is 0 Å². The van der Waals surface area contributed by atoms with Crippen molar-refractivity contribution < 1.29 is 0 Å². The summed E-state index contributed by atoms with van der Waals surface area (Å²) in [5.41, 5.74) is 1.29. The predicted octanol–water partition coefficient (Wildman–Crippen LogP) is 2.51. The second-order valence-corrected chi connectivity index (χ2v) is 4.03. The maximum Gasteiger partial charge on any atom is 0.0958 e. The summed E-state index contributed by atoms with van der Waals surface area (Å²) in [6.07, 6.45) is 1.83. The molecule has 1 atom stereocenters. The molecule has 80 valence electrons. The van der Waals surface area contributed by atoms with Crippen molar-refractivity contribution in [3.63, 3.8) is 0 Å². The first-order chi connectivity index (χ1) is 7.22. The lowest BCUT2D eigenvalue weighted by Gasteiger charge is -2.14. The molecule has 1 aromatic carbocycles. The average Bonchev–Trinajstić information content (AvgIpc) is 2.25. The second kappa shape index (κ2) is 6.21. The van der Waals surface area contributed by atoms with E-state index in [2.05, 4.69) is 37.4 Å². The first-order valence-corrected chi connectivity index (χ1v) is 5.42. The van der Waals surface area contributed by atoms with Crippen LogP contribution in [0.2, 0.25) is 0 Å². The van der Waals surface area contributed by atoms with Crippen LogP contribution in [0.5, 0.6) is 0 Å². The Labute approximate surface area is 91.9 Å². The molecule has 0 aliphatic carbocycles. The molecule has 0 fully saturated rings. The fourth-order valence-electron chi connectivity index (χ4n) is 1.54. The van der Waals surface area contributed by atoms with Crippen LogP contribution in [0.15, 0.2) is 30.3 Å². The second-order valence-electron chi connectivity index (χ2n) is 4.03. The largest absolute Gasteiger partial charge is 0.300 e. The number of benzene rings is 1. The summed E-state index contributed by atoms with van der Waals surface area (Å²) in [5, 5.41) is 12.2. The number of hydrogen-bond donors (Lipinski definition) is 1. The number of rotatable bonds is 5. The molecule has 1 N–H and O–H groups in total. The van der Waals surface area contributed by atoms with Gasteiger partial charge in [-0.05, 0) is 32.3 Å². The Hall–Kier alpha value is -1.33. The molecule has 0 aliphatic rings. The smallest absolute Gasteiger partial charge is 0.0958 e. The third-order valence-electron chi connectivity index (χ3n) is 2.25. The highest BCUT2D eigenvalue weighted by molar-refractivity contribution is 5.15. The van der Waals surface area contributed by atoms with Crippen molar-refractivity contribution in [2.24, 2.45) is 0 Å². The van der Waals surface area contributed by atoms with Gasteiger partial charge in [0.25, 0.3) is 0 Å². The zero-order chi connectivity index (χ0) is 11.1. The lowest BCUT2D eigenvalue weighted by Crippen LogP contribution is -2.33. The van der Waals surface area contributed by atoms with Gasteiger partial charge >= 0.3 is 0 Å². The molecule has 15 heavy (non-hydrogen) atoms. The Balaban J connectivity index is 2.39. The van der Waals surface area contributed by atoms with Gasteiger partial charge < -0.3 is 0 Å². The van der Waals surface area contributed by atoms with Crippen molar-refractivity contribution in [1.29, 1.82) is 5.26 Å². The minimum absolute atomic E-state index is 0.0368.